The van der Waals surface area contributed by atoms with Crippen LogP contribution in [0.2, 0.25) is 0 Å². The molecule has 0 spiro atoms. The van der Waals surface area contributed by atoms with Crippen LogP contribution in [0, 0.1) is 6.92 Å². The summed E-state index contributed by atoms with van der Waals surface area (Å²) in [6.45, 7) is 2.77. The molecule has 24 heavy (non-hydrogen) atoms. The van der Waals surface area contributed by atoms with E-state index in [4.69, 9.17) is 0 Å². The van der Waals surface area contributed by atoms with Crippen LogP contribution in [0.25, 0.3) is 0 Å². The van der Waals surface area contributed by atoms with E-state index in [0.29, 0.717) is 12.2 Å². The number of carbonyl (C=O) groups excluding carboxylic acids is 1. The number of carbonyl (C=O) groups is 1. The van der Waals surface area contributed by atoms with Gasteiger partial charge in [0.05, 0.1) is 0 Å². The monoisotopic (exact) mass is 317 g/mol. The van der Waals surface area contributed by atoms with Crippen LogP contribution in [0.15, 0.2) is 72.9 Å². The number of nitrogens with one attached hydrogen (secondary N) is 2. The lowest BCUT2D eigenvalue weighted by atomic mass is 10.1. The van der Waals surface area contributed by atoms with Gasteiger partial charge in [0, 0.05) is 24.1 Å². The van der Waals surface area contributed by atoms with Gasteiger partial charge in [0.2, 0.25) is 0 Å². The standard InChI is InChI=1S/C20H19N3O/c1-15-7-9-16(10-8-15)14-22-18-11-12-21-19(13-18)20(24)23-17-5-3-2-4-6-17/h2-13H,14H2,1H3,(H,21,22)(H,23,24). The summed E-state index contributed by atoms with van der Waals surface area (Å²) in [5.41, 5.74) is 4.43. The molecule has 0 bridgehead atoms. The highest BCUT2D eigenvalue weighted by Gasteiger charge is 2.08. The number of aromatic nitrogens is 1. The second-order valence-corrected chi connectivity index (χ2v) is 5.59. The van der Waals surface area contributed by atoms with E-state index in [9.17, 15) is 4.79 Å². The molecule has 1 amide bonds. The lowest BCUT2D eigenvalue weighted by Crippen LogP contribution is -2.14. The van der Waals surface area contributed by atoms with Gasteiger partial charge in [-0.2, -0.15) is 0 Å². The Morgan fingerprint density at radius 2 is 1.71 bits per heavy atom. The van der Waals surface area contributed by atoms with E-state index in [1.807, 2.05) is 36.4 Å². The van der Waals surface area contributed by atoms with Crippen LogP contribution < -0.4 is 10.6 Å². The van der Waals surface area contributed by atoms with E-state index in [0.717, 1.165) is 11.4 Å². The fourth-order valence-electron chi connectivity index (χ4n) is 2.29. The molecule has 4 heteroatoms. The Bertz CT molecular complexity index is 814. The molecule has 0 atom stereocenters. The molecule has 0 radical (unpaired) electrons. The minimum Gasteiger partial charge on any atom is -0.381 e. The van der Waals surface area contributed by atoms with Crippen LogP contribution in [0.4, 0.5) is 11.4 Å². The molecule has 0 aliphatic heterocycles. The van der Waals surface area contributed by atoms with Crippen molar-refractivity contribution in [2.24, 2.45) is 0 Å². The van der Waals surface area contributed by atoms with Gasteiger partial charge in [-0.05, 0) is 36.8 Å². The Balaban J connectivity index is 1.65. The second kappa shape index (κ2) is 7.42. The number of pyridine rings is 1. The molecule has 4 nitrogen and oxygen atoms in total. The Labute approximate surface area is 141 Å². The molecule has 2 N–H and O–H groups in total. The third-order valence-corrected chi connectivity index (χ3v) is 3.64. The summed E-state index contributed by atoms with van der Waals surface area (Å²) in [6.07, 6.45) is 1.64. The summed E-state index contributed by atoms with van der Waals surface area (Å²) < 4.78 is 0. The number of rotatable bonds is 5. The van der Waals surface area contributed by atoms with Gasteiger partial charge in [-0.3, -0.25) is 9.78 Å². The fraction of sp³-hybridized carbons (Fsp3) is 0.100. The Morgan fingerprint density at radius 3 is 2.46 bits per heavy atom. The third kappa shape index (κ3) is 4.20. The highest BCUT2D eigenvalue weighted by atomic mass is 16.1. The van der Waals surface area contributed by atoms with Crippen LogP contribution in [0.5, 0.6) is 0 Å². The summed E-state index contributed by atoms with van der Waals surface area (Å²) in [5, 5.41) is 6.16. The minimum atomic E-state index is -0.222. The molecule has 0 fully saturated rings. The number of benzene rings is 2. The highest BCUT2D eigenvalue weighted by Crippen LogP contribution is 2.13. The molecular formula is C20H19N3O. The SMILES string of the molecule is Cc1ccc(CNc2ccnc(C(=O)Nc3ccccc3)c2)cc1. The van der Waals surface area contributed by atoms with Gasteiger partial charge in [-0.25, -0.2) is 0 Å². The van der Waals surface area contributed by atoms with E-state index in [2.05, 4.69) is 46.8 Å². The molecule has 3 rings (SSSR count). The predicted molar refractivity (Wildman–Crippen MR) is 97.1 cm³/mol. The lowest BCUT2D eigenvalue weighted by Gasteiger charge is -2.09. The number of amides is 1. The zero-order chi connectivity index (χ0) is 16.8. The first-order valence-electron chi connectivity index (χ1n) is 7.82. The first kappa shape index (κ1) is 15.7. The maximum atomic E-state index is 12.3. The van der Waals surface area contributed by atoms with Crippen molar-refractivity contribution in [2.75, 3.05) is 10.6 Å². The lowest BCUT2D eigenvalue weighted by molar-refractivity contribution is 0.102. The van der Waals surface area contributed by atoms with Crippen LogP contribution >= 0.6 is 0 Å². The molecule has 0 aliphatic rings. The quantitative estimate of drug-likeness (QED) is 0.739. The average molecular weight is 317 g/mol. The molecule has 1 heterocycles. The zero-order valence-corrected chi connectivity index (χ0v) is 13.5. The third-order valence-electron chi connectivity index (χ3n) is 3.64. The molecule has 0 unspecified atom stereocenters. The Morgan fingerprint density at radius 1 is 0.958 bits per heavy atom. The van der Waals surface area contributed by atoms with Gasteiger partial charge in [0.1, 0.15) is 5.69 Å². The van der Waals surface area contributed by atoms with Crippen molar-refractivity contribution in [3.05, 3.63) is 89.7 Å². The smallest absolute Gasteiger partial charge is 0.274 e. The summed E-state index contributed by atoms with van der Waals surface area (Å²) in [7, 11) is 0. The molecule has 120 valence electrons. The molecule has 2 aromatic carbocycles. The van der Waals surface area contributed by atoms with Gasteiger partial charge in [0.15, 0.2) is 0 Å². The van der Waals surface area contributed by atoms with Gasteiger partial charge < -0.3 is 10.6 Å². The molecule has 3 aromatic rings. The van der Waals surface area contributed by atoms with Crippen molar-refractivity contribution in [1.29, 1.82) is 0 Å². The second-order valence-electron chi connectivity index (χ2n) is 5.59. The number of hydrogen-bond donors (Lipinski definition) is 2. The number of nitrogens with zero attached hydrogens (tertiary/aromatic N) is 1. The van der Waals surface area contributed by atoms with Crippen LogP contribution in [-0.4, -0.2) is 10.9 Å². The van der Waals surface area contributed by atoms with Crippen LogP contribution in [0.3, 0.4) is 0 Å². The topological polar surface area (TPSA) is 54.0 Å². The van der Waals surface area contributed by atoms with Gasteiger partial charge in [0.25, 0.3) is 5.91 Å². The van der Waals surface area contributed by atoms with E-state index in [1.165, 1.54) is 11.1 Å². The molecule has 1 aromatic heterocycles. The van der Waals surface area contributed by atoms with Gasteiger partial charge >= 0.3 is 0 Å². The predicted octanol–water partition coefficient (Wildman–Crippen LogP) is 4.25. The fourth-order valence-corrected chi connectivity index (χ4v) is 2.29. The van der Waals surface area contributed by atoms with Crippen LogP contribution in [0.1, 0.15) is 21.6 Å². The maximum Gasteiger partial charge on any atom is 0.274 e. The normalized spacial score (nSPS) is 10.2. The molecule has 0 saturated heterocycles. The maximum absolute atomic E-state index is 12.3. The number of aryl methyl sites for hydroxylation is 1. The zero-order valence-electron chi connectivity index (χ0n) is 13.5. The van der Waals surface area contributed by atoms with Crippen LogP contribution in [-0.2, 0) is 6.54 Å². The van der Waals surface area contributed by atoms with Crippen molar-refractivity contribution in [2.45, 2.75) is 13.5 Å². The van der Waals surface area contributed by atoms with Gasteiger partial charge in [-0.15, -0.1) is 0 Å². The van der Waals surface area contributed by atoms with E-state index >= 15 is 0 Å². The Hall–Kier alpha value is -3.14. The van der Waals surface area contributed by atoms with Crippen molar-refractivity contribution in [3.63, 3.8) is 0 Å². The van der Waals surface area contributed by atoms with Crippen molar-refractivity contribution in [3.8, 4) is 0 Å². The largest absolute Gasteiger partial charge is 0.381 e. The summed E-state index contributed by atoms with van der Waals surface area (Å²) in [6, 6.07) is 21.3. The highest BCUT2D eigenvalue weighted by molar-refractivity contribution is 6.03. The van der Waals surface area contributed by atoms with Crippen molar-refractivity contribution < 1.29 is 4.79 Å². The Kier molecular flexibility index (Phi) is 4.87. The first-order chi connectivity index (χ1) is 11.7. The van der Waals surface area contributed by atoms with E-state index in [-0.39, 0.29) is 5.91 Å². The first-order valence-corrected chi connectivity index (χ1v) is 7.82. The molecule has 0 aliphatic carbocycles. The number of anilines is 2. The number of para-hydroxylation sites is 1. The van der Waals surface area contributed by atoms with E-state index in [1.54, 1.807) is 12.3 Å². The molecular weight excluding hydrogens is 298 g/mol. The van der Waals surface area contributed by atoms with Crippen molar-refractivity contribution >= 4 is 17.3 Å². The summed E-state index contributed by atoms with van der Waals surface area (Å²) >= 11 is 0. The van der Waals surface area contributed by atoms with Gasteiger partial charge in [-0.1, -0.05) is 48.0 Å². The van der Waals surface area contributed by atoms with E-state index < -0.39 is 0 Å². The van der Waals surface area contributed by atoms with Crippen molar-refractivity contribution in [1.82, 2.24) is 4.98 Å². The summed E-state index contributed by atoms with van der Waals surface area (Å²) in [5.74, 6) is -0.222. The minimum absolute atomic E-state index is 0.222. The molecule has 0 saturated carbocycles. The summed E-state index contributed by atoms with van der Waals surface area (Å²) in [4.78, 5) is 16.4. The number of hydrogen-bond acceptors (Lipinski definition) is 3. The average Bonchev–Trinajstić information content (AvgIpc) is 2.62.